The number of benzene rings is 2. The Morgan fingerprint density at radius 2 is 1.88 bits per heavy atom. The Balaban J connectivity index is 1.71. The van der Waals surface area contributed by atoms with E-state index in [9.17, 15) is 9.59 Å². The zero-order valence-corrected chi connectivity index (χ0v) is 20.8. The molecule has 0 unspecified atom stereocenters. The van der Waals surface area contributed by atoms with Gasteiger partial charge >= 0.3 is 0 Å². The van der Waals surface area contributed by atoms with Crippen molar-refractivity contribution in [2.24, 2.45) is 4.99 Å². The molecule has 2 aliphatic heterocycles. The summed E-state index contributed by atoms with van der Waals surface area (Å²) in [6, 6.07) is 17.3. The number of nitrogens with zero attached hydrogens (tertiary/aromatic N) is 2. The van der Waals surface area contributed by atoms with Crippen molar-refractivity contribution in [3.05, 3.63) is 88.1 Å². The standard InChI is InChI=1S/C27H30N4O2S/c1-5-18(3)28-23(32)15-22-16-34-27-29-19(4)24(26(33)30-21-12-7-6-8-13-21)25(31(22)27)20-11-9-10-17(2)14-20/h6-14,16,18,25H,5,15H2,1-4H3,(H,28,32)(H,30,33)/t18-,25-/m0/s1. The molecule has 2 amide bonds. The quantitative estimate of drug-likeness (QED) is 0.555. The number of rotatable bonds is 7. The maximum atomic E-state index is 13.6. The van der Waals surface area contributed by atoms with Crippen LogP contribution in [0, 0.1) is 6.92 Å². The minimum Gasteiger partial charge on any atom is -0.353 e. The topological polar surface area (TPSA) is 73.8 Å². The van der Waals surface area contributed by atoms with Crippen molar-refractivity contribution in [1.82, 2.24) is 10.2 Å². The predicted molar refractivity (Wildman–Crippen MR) is 139 cm³/mol. The van der Waals surface area contributed by atoms with Gasteiger partial charge < -0.3 is 15.5 Å². The molecule has 7 heteroatoms. The monoisotopic (exact) mass is 474 g/mol. The van der Waals surface area contributed by atoms with Crippen molar-refractivity contribution in [2.45, 2.75) is 52.6 Å². The van der Waals surface area contributed by atoms with Gasteiger partial charge in [-0.15, -0.1) is 0 Å². The lowest BCUT2D eigenvalue weighted by molar-refractivity contribution is -0.121. The number of thioether (sulfide) groups is 1. The highest BCUT2D eigenvalue weighted by molar-refractivity contribution is 8.16. The molecule has 2 atom stereocenters. The van der Waals surface area contributed by atoms with Gasteiger partial charge in [0.1, 0.15) is 0 Å². The van der Waals surface area contributed by atoms with E-state index in [2.05, 4.69) is 16.7 Å². The summed E-state index contributed by atoms with van der Waals surface area (Å²) in [5, 5.41) is 8.83. The Labute approximate surface area is 205 Å². The molecule has 0 saturated carbocycles. The zero-order chi connectivity index (χ0) is 24.2. The van der Waals surface area contributed by atoms with Gasteiger partial charge in [0, 0.05) is 17.4 Å². The van der Waals surface area contributed by atoms with Crippen LogP contribution in [0.4, 0.5) is 5.69 Å². The molecule has 0 radical (unpaired) electrons. The molecule has 0 fully saturated rings. The zero-order valence-electron chi connectivity index (χ0n) is 20.0. The normalized spacial score (nSPS) is 18.1. The van der Waals surface area contributed by atoms with Crippen LogP contribution in [-0.2, 0) is 9.59 Å². The number of amidine groups is 1. The van der Waals surface area contributed by atoms with Crippen molar-refractivity contribution in [3.8, 4) is 0 Å². The van der Waals surface area contributed by atoms with E-state index >= 15 is 0 Å². The molecule has 0 aromatic heterocycles. The number of hydrogen-bond acceptors (Lipinski definition) is 5. The molecule has 4 rings (SSSR count). The van der Waals surface area contributed by atoms with Gasteiger partial charge in [-0.05, 0) is 50.3 Å². The molecule has 6 nitrogen and oxygen atoms in total. The van der Waals surface area contributed by atoms with Crippen LogP contribution in [0.15, 0.2) is 82.0 Å². The second-order valence-electron chi connectivity index (χ2n) is 8.68. The van der Waals surface area contributed by atoms with E-state index in [1.54, 1.807) is 0 Å². The molecular formula is C27H30N4O2S. The van der Waals surface area contributed by atoms with Crippen LogP contribution in [0.3, 0.4) is 0 Å². The highest BCUT2D eigenvalue weighted by Crippen LogP contribution is 2.44. The number of fused-ring (bicyclic) bond motifs is 1. The largest absolute Gasteiger partial charge is 0.353 e. The second kappa shape index (κ2) is 10.3. The first kappa shape index (κ1) is 23.8. The lowest BCUT2D eigenvalue weighted by atomic mass is 9.92. The predicted octanol–water partition coefficient (Wildman–Crippen LogP) is 5.51. The molecule has 2 aliphatic rings. The molecule has 2 aromatic rings. The Morgan fingerprint density at radius 3 is 2.59 bits per heavy atom. The smallest absolute Gasteiger partial charge is 0.255 e. The van der Waals surface area contributed by atoms with Gasteiger partial charge in [-0.3, -0.25) is 9.59 Å². The number of carbonyl (C=O) groups excluding carboxylic acids is 2. The summed E-state index contributed by atoms with van der Waals surface area (Å²) in [5.41, 5.74) is 4.92. The Kier molecular flexibility index (Phi) is 7.22. The maximum Gasteiger partial charge on any atom is 0.255 e. The first-order chi connectivity index (χ1) is 16.4. The molecule has 0 bridgehead atoms. The molecule has 0 aliphatic carbocycles. The van der Waals surface area contributed by atoms with E-state index in [0.717, 1.165) is 34.1 Å². The first-order valence-electron chi connectivity index (χ1n) is 11.5. The molecule has 34 heavy (non-hydrogen) atoms. The first-order valence-corrected chi connectivity index (χ1v) is 12.4. The average molecular weight is 475 g/mol. The molecular weight excluding hydrogens is 444 g/mol. The fourth-order valence-electron chi connectivity index (χ4n) is 4.13. The van der Waals surface area contributed by atoms with E-state index in [4.69, 9.17) is 4.99 Å². The third kappa shape index (κ3) is 5.09. The van der Waals surface area contributed by atoms with Gasteiger partial charge in [-0.1, -0.05) is 66.7 Å². The second-order valence-corrected chi connectivity index (χ2v) is 9.52. The summed E-state index contributed by atoms with van der Waals surface area (Å²) in [6.45, 7) is 7.96. The van der Waals surface area contributed by atoms with Crippen LogP contribution >= 0.6 is 11.8 Å². The van der Waals surface area contributed by atoms with E-state index in [0.29, 0.717) is 11.3 Å². The van der Waals surface area contributed by atoms with Crippen LogP contribution in [0.1, 0.15) is 50.8 Å². The Hall–Kier alpha value is -3.32. The maximum absolute atomic E-state index is 13.6. The SMILES string of the molecule is CC[C@H](C)NC(=O)CC1=CSC2=NC(C)=C(C(=O)Nc3ccccc3)[C@H](c3cccc(C)c3)N12. The van der Waals surface area contributed by atoms with E-state index in [1.807, 2.05) is 86.5 Å². The number of allylic oxidation sites excluding steroid dienone is 1. The third-order valence-electron chi connectivity index (χ3n) is 6.00. The molecule has 176 valence electrons. The van der Waals surface area contributed by atoms with Crippen molar-refractivity contribution in [3.63, 3.8) is 0 Å². The number of aryl methyl sites for hydroxylation is 1. The van der Waals surface area contributed by atoms with E-state index < -0.39 is 0 Å². The lowest BCUT2D eigenvalue weighted by Crippen LogP contribution is -2.39. The summed E-state index contributed by atoms with van der Waals surface area (Å²) in [4.78, 5) is 33.1. The van der Waals surface area contributed by atoms with Gasteiger partial charge in [0.2, 0.25) is 5.91 Å². The van der Waals surface area contributed by atoms with Crippen molar-refractivity contribution < 1.29 is 9.59 Å². The van der Waals surface area contributed by atoms with Crippen LogP contribution in [-0.4, -0.2) is 27.9 Å². The van der Waals surface area contributed by atoms with Crippen LogP contribution in [0.5, 0.6) is 0 Å². The van der Waals surface area contributed by atoms with Crippen LogP contribution in [0.2, 0.25) is 0 Å². The number of nitrogens with one attached hydrogen (secondary N) is 2. The van der Waals surface area contributed by atoms with Crippen LogP contribution in [0.25, 0.3) is 0 Å². The summed E-state index contributed by atoms with van der Waals surface area (Å²) in [7, 11) is 0. The third-order valence-corrected chi connectivity index (χ3v) is 6.88. The molecule has 2 N–H and O–H groups in total. The van der Waals surface area contributed by atoms with Crippen LogP contribution < -0.4 is 10.6 Å². The number of carbonyl (C=O) groups is 2. The van der Waals surface area contributed by atoms with E-state index in [-0.39, 0.29) is 30.3 Å². The van der Waals surface area contributed by atoms with Gasteiger partial charge in [0.05, 0.1) is 23.7 Å². The Morgan fingerprint density at radius 1 is 1.12 bits per heavy atom. The van der Waals surface area contributed by atoms with Crippen molar-refractivity contribution >= 4 is 34.4 Å². The lowest BCUT2D eigenvalue weighted by Gasteiger charge is -2.36. The molecule has 0 saturated heterocycles. The highest BCUT2D eigenvalue weighted by atomic mass is 32.2. The van der Waals surface area contributed by atoms with Gasteiger partial charge in [-0.25, -0.2) is 4.99 Å². The van der Waals surface area contributed by atoms with Crippen molar-refractivity contribution in [2.75, 3.05) is 5.32 Å². The van der Waals surface area contributed by atoms with E-state index in [1.165, 1.54) is 11.8 Å². The van der Waals surface area contributed by atoms with Gasteiger partial charge in [-0.2, -0.15) is 0 Å². The summed E-state index contributed by atoms with van der Waals surface area (Å²) >= 11 is 1.49. The number of amides is 2. The summed E-state index contributed by atoms with van der Waals surface area (Å²) in [6.07, 6.45) is 1.10. The minimum absolute atomic E-state index is 0.0352. The highest BCUT2D eigenvalue weighted by Gasteiger charge is 2.40. The van der Waals surface area contributed by atoms with Gasteiger partial charge in [0.15, 0.2) is 5.17 Å². The number of hydrogen-bond donors (Lipinski definition) is 2. The number of para-hydroxylation sites is 1. The Bertz CT molecular complexity index is 1190. The fourth-order valence-corrected chi connectivity index (χ4v) is 5.09. The van der Waals surface area contributed by atoms with Crippen molar-refractivity contribution in [1.29, 1.82) is 0 Å². The minimum atomic E-state index is -0.381. The fraction of sp³-hybridized carbons (Fsp3) is 0.296. The number of anilines is 1. The molecule has 0 spiro atoms. The summed E-state index contributed by atoms with van der Waals surface area (Å²) in [5.74, 6) is -0.231. The molecule has 2 heterocycles. The summed E-state index contributed by atoms with van der Waals surface area (Å²) < 4.78 is 0. The average Bonchev–Trinajstić information content (AvgIpc) is 3.20. The van der Waals surface area contributed by atoms with Gasteiger partial charge in [0.25, 0.3) is 5.91 Å². The number of aliphatic imine (C=N–C) groups is 1. The molecule has 2 aromatic carbocycles.